The molecule has 0 aliphatic carbocycles. The van der Waals surface area contributed by atoms with Crippen LogP contribution in [0.5, 0.6) is 0 Å². The number of urea groups is 1. The molecule has 0 radical (unpaired) electrons. The van der Waals surface area contributed by atoms with Crippen molar-refractivity contribution in [1.29, 1.82) is 0 Å². The highest BCUT2D eigenvalue weighted by Crippen LogP contribution is 2.38. The van der Waals surface area contributed by atoms with Gasteiger partial charge in [-0.2, -0.15) is 13.2 Å². The lowest BCUT2D eigenvalue weighted by molar-refractivity contribution is -0.137. The van der Waals surface area contributed by atoms with Gasteiger partial charge in [0.15, 0.2) is 0 Å². The van der Waals surface area contributed by atoms with E-state index < -0.39 is 29.3 Å². The summed E-state index contributed by atoms with van der Waals surface area (Å²) in [5, 5.41) is 27.1. The molecule has 7 N–H and O–H groups in total. The number of carbonyl (C=O) groups excluding carboxylic acids is 1. The molecular weight excluding hydrogens is 1470 g/mol. The second-order valence-corrected chi connectivity index (χ2v) is 25.7. The summed E-state index contributed by atoms with van der Waals surface area (Å²) in [4.78, 5) is 43.1. The van der Waals surface area contributed by atoms with Crippen LogP contribution in [-0.2, 0) is 6.18 Å². The predicted octanol–water partition coefficient (Wildman–Crippen LogP) is 23.7. The van der Waals surface area contributed by atoms with Gasteiger partial charge in [-0.05, 0) is 185 Å². The molecule has 7 aromatic heterocycles. The number of hydrogen-bond acceptors (Lipinski definition) is 12. The Kier molecular flexibility index (Phi) is 20.3. The molecule has 7 heterocycles. The Bertz CT molecular complexity index is 6000. The van der Waals surface area contributed by atoms with E-state index in [1.165, 1.54) is 0 Å². The highest BCUT2D eigenvalue weighted by molar-refractivity contribution is 9.11. The van der Waals surface area contributed by atoms with E-state index in [1.54, 1.807) is 55.2 Å². The third-order valence-corrected chi connectivity index (χ3v) is 18.6. The third-order valence-electron chi connectivity index (χ3n) is 16.9. The van der Waals surface area contributed by atoms with Gasteiger partial charge >= 0.3 is 12.2 Å². The van der Waals surface area contributed by atoms with Crippen LogP contribution in [0.1, 0.15) is 5.56 Å². The number of nitrogen functional groups attached to an aromatic ring is 1. The number of nitrogens with one attached hydrogen (secondary N) is 5. The van der Waals surface area contributed by atoms with Crippen LogP contribution in [-0.4, -0.2) is 40.9 Å². The second-order valence-electron chi connectivity index (χ2n) is 23.6. The highest BCUT2D eigenvalue weighted by Gasteiger charge is 2.31. The fourth-order valence-electron chi connectivity index (χ4n) is 11.9. The van der Waals surface area contributed by atoms with Crippen molar-refractivity contribution in [1.82, 2.24) is 34.9 Å². The Balaban J connectivity index is 0.000000127. The summed E-state index contributed by atoms with van der Waals surface area (Å²) in [5.74, 6) is 1.39. The van der Waals surface area contributed by atoms with Crippen LogP contribution >= 0.6 is 43.5 Å². The van der Waals surface area contributed by atoms with E-state index in [0.717, 1.165) is 141 Å². The van der Waals surface area contributed by atoms with E-state index in [0.29, 0.717) is 34.9 Å². The fraction of sp³-hybridized carbons (Fsp3) is 0.0120. The molecule has 17 aromatic rings. The lowest BCUT2D eigenvalue weighted by atomic mass is 9.99. The molecule has 0 unspecified atom stereocenters. The maximum absolute atomic E-state index is 14.0. The number of fused-ring (bicyclic) bond motifs is 7. The number of amides is 2. The molecule has 17 rings (SSSR count). The van der Waals surface area contributed by atoms with Crippen molar-refractivity contribution in [3.05, 3.63) is 324 Å². The summed E-state index contributed by atoms with van der Waals surface area (Å²) in [6.45, 7) is 0. The van der Waals surface area contributed by atoms with Gasteiger partial charge in [-0.25, -0.2) is 29.1 Å². The zero-order valence-corrected chi connectivity index (χ0v) is 58.5. The van der Waals surface area contributed by atoms with Crippen LogP contribution in [0.4, 0.5) is 73.9 Å². The standard InChI is InChI=1S/C32H21F4N5O.C24H18N4.C18H12BrN3.C9H5BrClN/c33-27-12-8-21(32(34,35)36)18-29(27)41-31(42)40-22-9-6-19(7-10-22)24-4-1-5-26-25(24)14-16-38-30(26)39-23-11-13-28-20(17-23)3-2-15-37-28;25-18-8-6-16(7-9-18)20-4-1-5-22-21(20)12-14-27-24(22)28-19-10-11-23-17(15-19)3-2-13-26-23;19-16-5-1-4-15-14(16)8-10-21-18(15)22-13-6-7-17-12(11-13)3-2-9-20-17;10-8-3-1-2-7-6(8)4-5-12-9(7)11/h1-18H,(H,38,39)(H2,40,41,42);1-15H,25H2,(H,27,28);1-11H,(H,21,22);1-5H. The van der Waals surface area contributed by atoms with Crippen LogP contribution in [0.3, 0.4) is 0 Å². The molecule has 14 nitrogen and oxygen atoms in total. The Morgan fingerprint density at radius 3 is 1.24 bits per heavy atom. The molecule has 0 aliphatic rings. The molecule has 21 heteroatoms. The molecular formula is C83H56Br2ClF4N13O. The number of anilines is 9. The Morgan fingerprint density at radius 2 is 0.779 bits per heavy atom. The first-order chi connectivity index (χ1) is 50.6. The summed E-state index contributed by atoms with van der Waals surface area (Å²) in [6.07, 6.45) is 7.78. The molecule has 0 atom stereocenters. The average Bonchev–Trinajstić information content (AvgIpc) is 0.792. The fourth-order valence-corrected chi connectivity index (χ4v) is 13.1. The number of carbonyl (C=O) groups is 1. The zero-order valence-electron chi connectivity index (χ0n) is 54.6. The monoisotopic (exact) mass is 1520 g/mol. The number of alkyl halides is 3. The van der Waals surface area contributed by atoms with Crippen molar-refractivity contribution in [3.63, 3.8) is 0 Å². The van der Waals surface area contributed by atoms with Gasteiger partial charge in [0.05, 0.1) is 27.8 Å². The molecule has 0 fully saturated rings. The maximum atomic E-state index is 14.0. The molecule has 0 saturated carbocycles. The zero-order chi connectivity index (χ0) is 71.7. The van der Waals surface area contributed by atoms with Crippen molar-refractivity contribution in [2.45, 2.75) is 6.18 Å². The number of nitrogens with zero attached hydrogens (tertiary/aromatic N) is 7. The van der Waals surface area contributed by atoms with E-state index in [9.17, 15) is 22.4 Å². The Morgan fingerprint density at radius 1 is 0.375 bits per heavy atom. The lowest BCUT2D eigenvalue weighted by Gasteiger charge is -2.13. The molecule has 0 saturated heterocycles. The molecule has 508 valence electrons. The summed E-state index contributed by atoms with van der Waals surface area (Å²) < 4.78 is 55.0. The normalized spacial score (nSPS) is 11.1. The minimum atomic E-state index is -4.67. The van der Waals surface area contributed by atoms with Crippen LogP contribution in [0.25, 0.3) is 98.1 Å². The van der Waals surface area contributed by atoms with E-state index in [-0.39, 0.29) is 0 Å². The van der Waals surface area contributed by atoms with Gasteiger partial charge in [0, 0.05) is 129 Å². The van der Waals surface area contributed by atoms with Crippen LogP contribution < -0.4 is 32.3 Å². The van der Waals surface area contributed by atoms with Crippen LogP contribution in [0.15, 0.2) is 307 Å². The number of benzene rings is 10. The average molecular weight is 1520 g/mol. The number of halogens is 7. The van der Waals surface area contributed by atoms with Gasteiger partial charge in [-0.1, -0.05) is 147 Å². The van der Waals surface area contributed by atoms with Gasteiger partial charge in [-0.15, -0.1) is 0 Å². The van der Waals surface area contributed by atoms with Crippen molar-refractivity contribution in [2.24, 2.45) is 0 Å². The van der Waals surface area contributed by atoms with Crippen molar-refractivity contribution in [3.8, 4) is 22.3 Å². The maximum Gasteiger partial charge on any atom is 0.416 e. The molecule has 0 aliphatic heterocycles. The number of hydrogen-bond donors (Lipinski definition) is 6. The van der Waals surface area contributed by atoms with Gasteiger partial charge in [-0.3, -0.25) is 15.0 Å². The Labute approximate surface area is 614 Å². The summed E-state index contributed by atoms with van der Waals surface area (Å²) in [7, 11) is 0. The molecule has 0 bridgehead atoms. The summed E-state index contributed by atoms with van der Waals surface area (Å²) in [5.41, 5.74) is 15.1. The molecule has 104 heavy (non-hydrogen) atoms. The van der Waals surface area contributed by atoms with E-state index in [4.69, 9.17) is 17.3 Å². The largest absolute Gasteiger partial charge is 0.416 e. The number of pyridine rings is 7. The minimum Gasteiger partial charge on any atom is -0.399 e. The van der Waals surface area contributed by atoms with Crippen molar-refractivity contribution < 1.29 is 22.4 Å². The van der Waals surface area contributed by atoms with Gasteiger partial charge in [0.2, 0.25) is 0 Å². The third kappa shape index (κ3) is 15.8. The second kappa shape index (κ2) is 30.8. The predicted molar refractivity (Wildman–Crippen MR) is 422 cm³/mol. The molecule has 0 spiro atoms. The highest BCUT2D eigenvalue weighted by atomic mass is 79.9. The molecule has 2 amide bonds. The van der Waals surface area contributed by atoms with E-state index in [1.807, 2.05) is 170 Å². The number of nitrogens with two attached hydrogens (primary N) is 1. The molecule has 10 aromatic carbocycles. The first-order valence-electron chi connectivity index (χ1n) is 32.4. The topological polar surface area (TPSA) is 193 Å². The van der Waals surface area contributed by atoms with Crippen molar-refractivity contribution in [2.75, 3.05) is 32.3 Å². The Hall–Kier alpha value is -12.5. The SMILES string of the molecule is Brc1cccc2c(Nc3ccc4ncccc4c3)nccc12.Clc1nccc2c(Br)cccc12.Nc1ccc(-c2cccc3c(Nc4ccc5ncccc5c4)nccc23)cc1.O=C(Nc1ccc(-c2cccc3c(Nc4ccc5ncccc5c4)nccc23)cc1)Nc1cc(C(F)(F)F)ccc1F. The summed E-state index contributed by atoms with van der Waals surface area (Å²) in [6, 6.07) is 77.9. The first-order valence-corrected chi connectivity index (χ1v) is 34.3. The summed E-state index contributed by atoms with van der Waals surface area (Å²) >= 11 is 12.9. The number of aromatic nitrogens is 7. The lowest BCUT2D eigenvalue weighted by Crippen LogP contribution is -2.20. The van der Waals surface area contributed by atoms with Crippen molar-refractivity contribution >= 4 is 177 Å². The smallest absolute Gasteiger partial charge is 0.399 e. The van der Waals surface area contributed by atoms with Gasteiger partial charge in [0.25, 0.3) is 0 Å². The first kappa shape index (κ1) is 68.6. The van der Waals surface area contributed by atoms with Gasteiger partial charge < -0.3 is 32.3 Å². The number of rotatable bonds is 10. The van der Waals surface area contributed by atoms with Crippen LogP contribution in [0, 0.1) is 5.82 Å². The van der Waals surface area contributed by atoms with Gasteiger partial charge in [0.1, 0.15) is 28.4 Å². The quantitative estimate of drug-likeness (QED) is 0.0432. The minimum absolute atomic E-state index is 0.374. The van der Waals surface area contributed by atoms with E-state index >= 15 is 0 Å². The van der Waals surface area contributed by atoms with E-state index in [2.05, 4.69) is 148 Å². The van der Waals surface area contributed by atoms with Crippen LogP contribution in [0.2, 0.25) is 5.15 Å².